The van der Waals surface area contributed by atoms with Crippen molar-refractivity contribution in [2.75, 3.05) is 11.9 Å². The van der Waals surface area contributed by atoms with Gasteiger partial charge in [-0.05, 0) is 74.2 Å². The maximum Gasteiger partial charge on any atom is 0.322 e. The highest BCUT2D eigenvalue weighted by molar-refractivity contribution is 5.89. The van der Waals surface area contributed by atoms with Gasteiger partial charge in [0.25, 0.3) is 0 Å². The number of aromatic nitrogens is 2. The van der Waals surface area contributed by atoms with Gasteiger partial charge in [0.1, 0.15) is 5.75 Å². The highest BCUT2D eigenvalue weighted by atomic mass is 16.5. The molecule has 2 amide bonds. The van der Waals surface area contributed by atoms with Crippen LogP contribution in [0.25, 0.3) is 0 Å². The molecule has 0 bridgehead atoms. The van der Waals surface area contributed by atoms with Crippen molar-refractivity contribution in [2.45, 2.75) is 33.7 Å². The summed E-state index contributed by atoms with van der Waals surface area (Å²) in [6.45, 7) is 7.48. The lowest BCUT2D eigenvalue weighted by molar-refractivity contribution is 0.206. The van der Waals surface area contributed by atoms with E-state index in [0.717, 1.165) is 17.8 Å². The van der Waals surface area contributed by atoms with Gasteiger partial charge in [-0.1, -0.05) is 17.7 Å². The molecule has 0 fully saturated rings. The fourth-order valence-corrected chi connectivity index (χ4v) is 3.68. The van der Waals surface area contributed by atoms with Gasteiger partial charge in [-0.2, -0.15) is 0 Å². The van der Waals surface area contributed by atoms with Gasteiger partial charge in [0.15, 0.2) is 0 Å². The molecule has 0 atom stereocenters. The van der Waals surface area contributed by atoms with Gasteiger partial charge < -0.3 is 15.0 Å². The summed E-state index contributed by atoms with van der Waals surface area (Å²) in [5.41, 5.74) is 6.72. The van der Waals surface area contributed by atoms with Gasteiger partial charge in [0, 0.05) is 30.7 Å². The van der Waals surface area contributed by atoms with Crippen LogP contribution in [-0.2, 0) is 13.0 Å². The Morgan fingerprint density at radius 2 is 1.90 bits per heavy atom. The number of fused-ring (bicyclic) bond motifs is 1. The Morgan fingerprint density at radius 1 is 1.10 bits per heavy atom. The molecule has 0 spiro atoms. The van der Waals surface area contributed by atoms with E-state index >= 15 is 0 Å². The first-order chi connectivity index (χ1) is 14.0. The number of hydrogen-bond acceptors (Lipinski definition) is 4. The largest absolute Gasteiger partial charge is 0.424 e. The lowest BCUT2D eigenvalue weighted by Crippen LogP contribution is -2.39. The average Bonchev–Trinajstić information content (AvgIpc) is 2.69. The lowest BCUT2D eigenvalue weighted by atomic mass is 9.93. The third-order valence-electron chi connectivity index (χ3n) is 5.08. The van der Waals surface area contributed by atoms with Gasteiger partial charge in [0.2, 0.25) is 0 Å². The van der Waals surface area contributed by atoms with Crippen LogP contribution in [0.3, 0.4) is 0 Å². The fourth-order valence-electron chi connectivity index (χ4n) is 3.68. The first-order valence-corrected chi connectivity index (χ1v) is 9.70. The Morgan fingerprint density at radius 3 is 2.66 bits per heavy atom. The van der Waals surface area contributed by atoms with Crippen LogP contribution in [0.5, 0.6) is 11.8 Å². The van der Waals surface area contributed by atoms with Crippen LogP contribution >= 0.6 is 0 Å². The number of rotatable bonds is 3. The lowest BCUT2D eigenvalue weighted by Gasteiger charge is -2.30. The summed E-state index contributed by atoms with van der Waals surface area (Å²) in [7, 11) is 0. The van der Waals surface area contributed by atoms with Crippen molar-refractivity contribution in [3.8, 4) is 11.8 Å². The minimum absolute atomic E-state index is 0.0921. The molecule has 29 heavy (non-hydrogen) atoms. The Bertz CT molecular complexity index is 1050. The Balaban J connectivity index is 1.40. The number of nitrogens with one attached hydrogen (secondary N) is 1. The SMILES string of the molecule is Cc1cc(C)c2c(c1)CN(C(=O)Nc1ccc(Oc3nccc(C)n3)cc1)CC2. The number of urea groups is 1. The number of hydrogen-bond donors (Lipinski definition) is 1. The summed E-state index contributed by atoms with van der Waals surface area (Å²) in [6.07, 6.45) is 2.55. The molecule has 1 N–H and O–H groups in total. The van der Waals surface area contributed by atoms with E-state index in [0.29, 0.717) is 24.8 Å². The van der Waals surface area contributed by atoms with Crippen molar-refractivity contribution < 1.29 is 9.53 Å². The highest BCUT2D eigenvalue weighted by Gasteiger charge is 2.22. The summed E-state index contributed by atoms with van der Waals surface area (Å²) in [4.78, 5) is 22.9. The molecular formula is C23H24N4O2. The predicted molar refractivity (Wildman–Crippen MR) is 112 cm³/mol. The van der Waals surface area contributed by atoms with Gasteiger partial charge >= 0.3 is 12.0 Å². The van der Waals surface area contributed by atoms with Crippen molar-refractivity contribution in [3.63, 3.8) is 0 Å². The molecule has 0 unspecified atom stereocenters. The van der Waals surface area contributed by atoms with E-state index in [1.807, 2.05) is 30.0 Å². The van der Waals surface area contributed by atoms with Crippen LogP contribution in [0.1, 0.15) is 27.9 Å². The minimum Gasteiger partial charge on any atom is -0.424 e. The first kappa shape index (κ1) is 18.9. The number of ether oxygens (including phenoxy) is 1. The van der Waals surface area contributed by atoms with Gasteiger partial charge in [-0.15, -0.1) is 0 Å². The zero-order valence-electron chi connectivity index (χ0n) is 16.9. The van der Waals surface area contributed by atoms with Crippen LogP contribution in [0.2, 0.25) is 0 Å². The number of aryl methyl sites for hydroxylation is 3. The quantitative estimate of drug-likeness (QED) is 0.701. The summed E-state index contributed by atoms with van der Waals surface area (Å²) < 4.78 is 5.65. The molecule has 0 aliphatic carbocycles. The molecule has 2 heterocycles. The van der Waals surface area contributed by atoms with Crippen molar-refractivity contribution in [1.29, 1.82) is 0 Å². The number of carbonyl (C=O) groups excluding carboxylic acids is 1. The first-order valence-electron chi connectivity index (χ1n) is 9.70. The van der Waals surface area contributed by atoms with Gasteiger partial charge in [-0.3, -0.25) is 0 Å². The van der Waals surface area contributed by atoms with E-state index in [9.17, 15) is 4.79 Å². The normalized spacial score (nSPS) is 13.0. The summed E-state index contributed by atoms with van der Waals surface area (Å²) in [6, 6.07) is 13.6. The molecule has 4 rings (SSSR count). The van der Waals surface area contributed by atoms with E-state index in [1.54, 1.807) is 18.3 Å². The maximum atomic E-state index is 12.7. The minimum atomic E-state index is -0.0921. The van der Waals surface area contributed by atoms with Crippen LogP contribution in [0.15, 0.2) is 48.7 Å². The Hall–Kier alpha value is -3.41. The molecule has 148 valence electrons. The van der Waals surface area contributed by atoms with Crippen LogP contribution in [-0.4, -0.2) is 27.4 Å². The monoisotopic (exact) mass is 388 g/mol. The molecule has 6 nitrogen and oxygen atoms in total. The molecule has 6 heteroatoms. The van der Waals surface area contributed by atoms with Crippen LogP contribution < -0.4 is 10.1 Å². The molecule has 0 saturated carbocycles. The van der Waals surface area contributed by atoms with Crippen LogP contribution in [0, 0.1) is 20.8 Å². The number of anilines is 1. The molecule has 1 aromatic heterocycles. The smallest absolute Gasteiger partial charge is 0.322 e. The second-order valence-electron chi connectivity index (χ2n) is 7.43. The van der Waals surface area contributed by atoms with E-state index < -0.39 is 0 Å². The molecule has 3 aromatic rings. The van der Waals surface area contributed by atoms with E-state index in [-0.39, 0.29) is 6.03 Å². The molecular weight excluding hydrogens is 364 g/mol. The van der Waals surface area contributed by atoms with Crippen molar-refractivity contribution in [3.05, 3.63) is 76.6 Å². The fraction of sp³-hybridized carbons (Fsp3) is 0.261. The summed E-state index contributed by atoms with van der Waals surface area (Å²) in [5, 5.41) is 2.97. The third kappa shape index (κ3) is 4.37. The highest BCUT2D eigenvalue weighted by Crippen LogP contribution is 2.25. The summed E-state index contributed by atoms with van der Waals surface area (Å²) in [5.74, 6) is 0.617. The molecule has 1 aliphatic heterocycles. The molecule has 0 radical (unpaired) electrons. The van der Waals surface area contributed by atoms with Gasteiger partial charge in [-0.25, -0.2) is 14.8 Å². The van der Waals surface area contributed by atoms with Gasteiger partial charge in [0.05, 0.1) is 0 Å². The zero-order valence-corrected chi connectivity index (χ0v) is 16.9. The maximum absolute atomic E-state index is 12.7. The second-order valence-corrected chi connectivity index (χ2v) is 7.43. The van der Waals surface area contributed by atoms with E-state index in [4.69, 9.17) is 4.74 Å². The van der Waals surface area contributed by atoms with E-state index in [1.165, 1.54) is 22.3 Å². The topological polar surface area (TPSA) is 67.4 Å². The third-order valence-corrected chi connectivity index (χ3v) is 5.08. The zero-order chi connectivity index (χ0) is 20.4. The Kier molecular flexibility index (Phi) is 5.16. The second kappa shape index (κ2) is 7.91. The molecule has 2 aromatic carbocycles. The van der Waals surface area contributed by atoms with Crippen molar-refractivity contribution >= 4 is 11.7 Å². The van der Waals surface area contributed by atoms with Crippen molar-refractivity contribution in [1.82, 2.24) is 14.9 Å². The van der Waals surface area contributed by atoms with Crippen molar-refractivity contribution in [2.24, 2.45) is 0 Å². The average molecular weight is 388 g/mol. The standard InChI is InChI=1S/C23H24N4O2/c1-15-12-16(2)21-9-11-27(14-18(21)13-15)23(28)26-19-4-6-20(7-5-19)29-22-24-10-8-17(3)25-22/h4-8,10,12-13H,9,11,14H2,1-3H3,(H,26,28). The molecule has 0 saturated heterocycles. The van der Waals surface area contributed by atoms with Crippen LogP contribution in [0.4, 0.5) is 10.5 Å². The Labute approximate surface area is 170 Å². The predicted octanol–water partition coefficient (Wildman–Crippen LogP) is 4.78. The number of benzene rings is 2. The summed E-state index contributed by atoms with van der Waals surface area (Å²) >= 11 is 0. The molecule has 1 aliphatic rings. The number of nitrogens with zero attached hydrogens (tertiary/aromatic N) is 3. The number of carbonyl (C=O) groups is 1. The van der Waals surface area contributed by atoms with E-state index in [2.05, 4.69) is 41.3 Å². The number of amides is 2.